The molecule has 170 valence electrons. The molecule has 0 amide bonds. The maximum Gasteiger partial charge on any atom is 0.416 e. The number of piperidine rings is 1. The Hall–Kier alpha value is -2.92. The molecule has 7 nitrogen and oxygen atoms in total. The minimum Gasteiger partial charge on any atom is -0.247 e. The smallest absolute Gasteiger partial charge is 0.247 e. The highest BCUT2D eigenvalue weighted by atomic mass is 32.2. The topological polar surface area (TPSA) is 77.2 Å². The molecule has 0 saturated carbocycles. The van der Waals surface area contributed by atoms with Gasteiger partial charge in [-0.15, -0.1) is 0 Å². The van der Waals surface area contributed by atoms with E-state index in [-0.39, 0.29) is 29.6 Å². The van der Waals surface area contributed by atoms with Crippen LogP contribution < -0.4 is 5.69 Å². The van der Waals surface area contributed by atoms with Gasteiger partial charge in [0.15, 0.2) is 0 Å². The van der Waals surface area contributed by atoms with Gasteiger partial charge in [-0.05, 0) is 49.2 Å². The second-order valence-electron chi connectivity index (χ2n) is 7.66. The molecule has 1 unspecified atom stereocenters. The molecule has 2 aromatic carbocycles. The van der Waals surface area contributed by atoms with E-state index in [1.54, 1.807) is 24.3 Å². The molecular formula is C21H21F3N4O3S. The second-order valence-corrected chi connectivity index (χ2v) is 9.60. The molecule has 2 heterocycles. The molecule has 0 spiro atoms. The zero-order chi connectivity index (χ0) is 23.1. The van der Waals surface area contributed by atoms with Gasteiger partial charge < -0.3 is 0 Å². The average molecular weight is 466 g/mol. The van der Waals surface area contributed by atoms with Gasteiger partial charge in [0.1, 0.15) is 5.82 Å². The van der Waals surface area contributed by atoms with Crippen LogP contribution in [0.15, 0.2) is 64.3 Å². The van der Waals surface area contributed by atoms with Crippen molar-refractivity contribution in [1.29, 1.82) is 0 Å². The molecule has 11 heteroatoms. The summed E-state index contributed by atoms with van der Waals surface area (Å²) in [7, 11) is -2.47. The number of sulfonamides is 1. The van der Waals surface area contributed by atoms with E-state index >= 15 is 0 Å². The van der Waals surface area contributed by atoms with Gasteiger partial charge in [-0.3, -0.25) is 0 Å². The molecule has 0 aliphatic carbocycles. The Morgan fingerprint density at radius 3 is 2.31 bits per heavy atom. The number of nitrogens with zero attached hydrogens (tertiary/aromatic N) is 4. The van der Waals surface area contributed by atoms with Crippen LogP contribution in [0.2, 0.25) is 0 Å². The van der Waals surface area contributed by atoms with Crippen LogP contribution in [0.4, 0.5) is 13.2 Å². The van der Waals surface area contributed by atoms with Gasteiger partial charge in [0.05, 0.1) is 16.1 Å². The van der Waals surface area contributed by atoms with Gasteiger partial charge in [0.25, 0.3) is 0 Å². The van der Waals surface area contributed by atoms with Gasteiger partial charge in [0.2, 0.25) is 10.0 Å². The quantitative estimate of drug-likeness (QED) is 0.592. The van der Waals surface area contributed by atoms with Gasteiger partial charge in [-0.25, -0.2) is 22.5 Å². The molecule has 1 aromatic heterocycles. The van der Waals surface area contributed by atoms with Crippen LogP contribution in [0.25, 0.3) is 5.69 Å². The lowest BCUT2D eigenvalue weighted by Gasteiger charge is -2.31. The van der Waals surface area contributed by atoms with Gasteiger partial charge >= 0.3 is 11.9 Å². The zero-order valence-electron chi connectivity index (χ0n) is 17.2. The highest BCUT2D eigenvalue weighted by Gasteiger charge is 2.35. The molecule has 1 aliphatic heterocycles. The van der Waals surface area contributed by atoms with Crippen LogP contribution >= 0.6 is 0 Å². The zero-order valence-corrected chi connectivity index (χ0v) is 18.0. The van der Waals surface area contributed by atoms with E-state index in [1.165, 1.54) is 20.6 Å². The monoisotopic (exact) mass is 466 g/mol. The van der Waals surface area contributed by atoms with E-state index in [9.17, 15) is 26.4 Å². The molecule has 0 bridgehead atoms. The Morgan fingerprint density at radius 2 is 1.69 bits per heavy atom. The van der Waals surface area contributed by atoms with Crippen molar-refractivity contribution in [2.24, 2.45) is 7.05 Å². The molecule has 1 saturated heterocycles. The maximum absolute atomic E-state index is 13.1. The van der Waals surface area contributed by atoms with Crippen molar-refractivity contribution in [3.8, 4) is 5.69 Å². The Labute approximate surface area is 182 Å². The highest BCUT2D eigenvalue weighted by molar-refractivity contribution is 7.89. The number of hydrogen-bond donors (Lipinski definition) is 0. The third kappa shape index (κ3) is 4.09. The van der Waals surface area contributed by atoms with Crippen molar-refractivity contribution in [1.82, 2.24) is 18.7 Å². The third-order valence-corrected chi connectivity index (χ3v) is 7.41. The summed E-state index contributed by atoms with van der Waals surface area (Å²) >= 11 is 0. The minimum absolute atomic E-state index is 0.0760. The summed E-state index contributed by atoms with van der Waals surface area (Å²) in [5.74, 6) is 0.109. The lowest BCUT2D eigenvalue weighted by molar-refractivity contribution is -0.137. The van der Waals surface area contributed by atoms with Crippen molar-refractivity contribution in [2.45, 2.75) is 29.8 Å². The summed E-state index contributed by atoms with van der Waals surface area (Å²) < 4.78 is 68.6. The summed E-state index contributed by atoms with van der Waals surface area (Å²) in [6, 6.07) is 12.4. The highest BCUT2D eigenvalue weighted by Crippen LogP contribution is 2.32. The van der Waals surface area contributed by atoms with Gasteiger partial charge in [-0.1, -0.05) is 18.2 Å². The van der Waals surface area contributed by atoms with Gasteiger partial charge in [-0.2, -0.15) is 22.6 Å². The predicted molar refractivity (Wildman–Crippen MR) is 111 cm³/mol. The number of rotatable bonds is 4. The minimum atomic E-state index is -4.54. The van der Waals surface area contributed by atoms with Gasteiger partial charge in [0, 0.05) is 26.1 Å². The summed E-state index contributed by atoms with van der Waals surface area (Å²) in [6.45, 7) is 0.314. The lowest BCUT2D eigenvalue weighted by Crippen LogP contribution is -2.40. The van der Waals surface area contributed by atoms with Crippen LogP contribution in [0.1, 0.15) is 30.1 Å². The molecular weight excluding hydrogens is 445 g/mol. The fourth-order valence-electron chi connectivity index (χ4n) is 3.90. The number of aromatic nitrogens is 3. The van der Waals surface area contributed by atoms with Crippen molar-refractivity contribution < 1.29 is 21.6 Å². The molecule has 3 aromatic rings. The van der Waals surface area contributed by atoms with Crippen LogP contribution in [0, 0.1) is 0 Å². The SMILES string of the molecule is Cn1nc(C2CCCN(S(=O)(=O)c3ccc(C(F)(F)F)cc3)C2)n(-c2ccccc2)c1=O. The fourth-order valence-corrected chi connectivity index (χ4v) is 5.43. The lowest BCUT2D eigenvalue weighted by atomic mass is 9.98. The number of hydrogen-bond acceptors (Lipinski definition) is 4. The van der Waals surface area contributed by atoms with E-state index in [0.29, 0.717) is 24.4 Å². The number of alkyl halides is 3. The maximum atomic E-state index is 13.1. The van der Waals surface area contributed by atoms with E-state index < -0.39 is 21.8 Å². The summed E-state index contributed by atoms with van der Waals surface area (Å²) in [5, 5.41) is 4.36. The van der Waals surface area contributed by atoms with E-state index in [1.807, 2.05) is 6.07 Å². The molecule has 0 N–H and O–H groups in total. The van der Waals surface area contributed by atoms with Crippen molar-refractivity contribution >= 4 is 10.0 Å². The van der Waals surface area contributed by atoms with Crippen molar-refractivity contribution in [3.63, 3.8) is 0 Å². The van der Waals surface area contributed by atoms with E-state index in [0.717, 1.165) is 24.3 Å². The summed E-state index contributed by atoms with van der Waals surface area (Å²) in [5.41, 5.74) is -0.620. The second kappa shape index (κ2) is 8.21. The third-order valence-electron chi connectivity index (χ3n) is 5.53. The van der Waals surface area contributed by atoms with E-state index in [2.05, 4.69) is 5.10 Å². The first kappa shape index (κ1) is 22.3. The standard InChI is InChI=1S/C21H21F3N4O3S/c1-26-20(29)28(17-7-3-2-4-8-17)19(25-26)15-6-5-13-27(14-15)32(30,31)18-11-9-16(10-12-18)21(22,23)24/h2-4,7-12,15H,5-6,13-14H2,1H3. The van der Waals surface area contributed by atoms with Crippen LogP contribution in [0.5, 0.6) is 0 Å². The number of aryl methyl sites for hydroxylation is 1. The molecule has 1 atom stereocenters. The molecule has 0 radical (unpaired) electrons. The number of halogens is 3. The molecule has 1 aliphatic rings. The predicted octanol–water partition coefficient (Wildman–Crippen LogP) is 3.16. The first-order valence-corrected chi connectivity index (χ1v) is 11.4. The van der Waals surface area contributed by atoms with Crippen LogP contribution in [-0.2, 0) is 23.2 Å². The Bertz CT molecular complexity index is 1270. The van der Waals surface area contributed by atoms with Crippen LogP contribution in [-0.4, -0.2) is 40.2 Å². The molecule has 1 fully saturated rings. The first-order chi connectivity index (χ1) is 15.1. The van der Waals surface area contributed by atoms with Crippen molar-refractivity contribution in [2.75, 3.05) is 13.1 Å². The first-order valence-electron chi connectivity index (χ1n) is 9.98. The number of benzene rings is 2. The Balaban J connectivity index is 1.65. The normalized spacial score (nSPS) is 18.1. The van der Waals surface area contributed by atoms with Crippen LogP contribution in [0.3, 0.4) is 0 Å². The molecule has 32 heavy (non-hydrogen) atoms. The number of para-hydroxylation sites is 1. The Morgan fingerprint density at radius 1 is 1.03 bits per heavy atom. The average Bonchev–Trinajstić information content (AvgIpc) is 3.08. The summed E-state index contributed by atoms with van der Waals surface area (Å²) in [6.07, 6.45) is -3.38. The largest absolute Gasteiger partial charge is 0.416 e. The van der Waals surface area contributed by atoms with E-state index in [4.69, 9.17) is 0 Å². The molecule has 4 rings (SSSR count). The fraction of sp³-hybridized carbons (Fsp3) is 0.333. The van der Waals surface area contributed by atoms with Crippen molar-refractivity contribution in [3.05, 3.63) is 76.5 Å². The Kier molecular flexibility index (Phi) is 5.72. The summed E-state index contributed by atoms with van der Waals surface area (Å²) in [4.78, 5) is 12.5.